The van der Waals surface area contributed by atoms with Crippen LogP contribution in [0.3, 0.4) is 0 Å². The molecule has 0 saturated carbocycles. The molecule has 0 heterocycles. The molecule has 0 saturated heterocycles. The van der Waals surface area contributed by atoms with Gasteiger partial charge in [0.15, 0.2) is 5.78 Å². The van der Waals surface area contributed by atoms with Crippen molar-refractivity contribution < 1.29 is 23.4 Å². The minimum atomic E-state index is -1.32. The normalized spacial score (nSPS) is 12.0. The Balaban J connectivity index is 2.10. The molecule has 110 valence electrons. The lowest BCUT2D eigenvalue weighted by Gasteiger charge is -2.11. The minimum Gasteiger partial charge on any atom is -0.497 e. The third-order valence-electron chi connectivity index (χ3n) is 3.11. The van der Waals surface area contributed by atoms with E-state index < -0.39 is 17.7 Å². The number of Topliss-reactive ketones (excluding diaryl/α,β-unsaturated/α-hetero) is 1. The molecule has 1 unspecified atom stereocenters. The van der Waals surface area contributed by atoms with Crippen molar-refractivity contribution in [2.24, 2.45) is 0 Å². The summed E-state index contributed by atoms with van der Waals surface area (Å²) in [5.74, 6) is -1.33. The number of carbonyl (C=O) groups is 1. The van der Waals surface area contributed by atoms with E-state index in [-0.39, 0.29) is 17.8 Å². The molecule has 0 amide bonds. The largest absolute Gasteiger partial charge is 0.497 e. The van der Waals surface area contributed by atoms with Crippen LogP contribution in [0.1, 0.15) is 28.4 Å². The van der Waals surface area contributed by atoms with Crippen molar-refractivity contribution in [3.63, 3.8) is 0 Å². The van der Waals surface area contributed by atoms with Gasteiger partial charge < -0.3 is 9.84 Å². The Bertz CT molecular complexity index is 638. The second kappa shape index (κ2) is 6.45. The van der Waals surface area contributed by atoms with Gasteiger partial charge in [-0.05, 0) is 30.3 Å². The predicted molar refractivity (Wildman–Crippen MR) is 73.3 cm³/mol. The van der Waals surface area contributed by atoms with E-state index in [1.54, 1.807) is 24.3 Å². The van der Waals surface area contributed by atoms with Crippen LogP contribution in [0.5, 0.6) is 5.75 Å². The summed E-state index contributed by atoms with van der Waals surface area (Å²) in [6, 6.07) is 9.23. The summed E-state index contributed by atoms with van der Waals surface area (Å²) in [5.41, 5.74) is 0.288. The molecule has 2 aromatic rings. The predicted octanol–water partition coefficient (Wildman–Crippen LogP) is 3.28. The van der Waals surface area contributed by atoms with Gasteiger partial charge >= 0.3 is 0 Å². The molecule has 0 aromatic heterocycles. The topological polar surface area (TPSA) is 46.5 Å². The molecule has 0 aliphatic carbocycles. The van der Waals surface area contributed by atoms with E-state index in [1.165, 1.54) is 7.11 Å². The lowest BCUT2D eigenvalue weighted by molar-refractivity contribution is 0.0875. The first-order valence-corrected chi connectivity index (χ1v) is 6.31. The van der Waals surface area contributed by atoms with E-state index in [9.17, 15) is 18.7 Å². The number of carbonyl (C=O) groups excluding carboxylic acids is 1. The van der Waals surface area contributed by atoms with Gasteiger partial charge in [0.2, 0.25) is 0 Å². The molecule has 1 atom stereocenters. The number of aliphatic hydroxyl groups is 1. The Hall–Kier alpha value is -2.27. The Morgan fingerprint density at radius 3 is 2.43 bits per heavy atom. The van der Waals surface area contributed by atoms with Crippen LogP contribution in [0.2, 0.25) is 0 Å². The number of ether oxygens (including phenoxy) is 1. The number of methoxy groups -OCH3 is 1. The number of rotatable bonds is 5. The van der Waals surface area contributed by atoms with Gasteiger partial charge in [-0.25, -0.2) is 8.78 Å². The third-order valence-corrected chi connectivity index (χ3v) is 3.11. The minimum absolute atomic E-state index is 0.0988. The second-order valence-electron chi connectivity index (χ2n) is 4.54. The van der Waals surface area contributed by atoms with Crippen LogP contribution in [-0.4, -0.2) is 18.0 Å². The number of ketones is 1. The molecular formula is C16H14F2O3. The summed E-state index contributed by atoms with van der Waals surface area (Å²) in [7, 11) is 1.51. The first kappa shape index (κ1) is 15.1. The monoisotopic (exact) mass is 292 g/mol. The van der Waals surface area contributed by atoms with Gasteiger partial charge in [-0.2, -0.15) is 0 Å². The Kier molecular flexibility index (Phi) is 4.65. The lowest BCUT2D eigenvalue weighted by atomic mass is 10.00. The van der Waals surface area contributed by atoms with Gasteiger partial charge in [0, 0.05) is 23.6 Å². The number of aliphatic hydroxyl groups excluding tert-OH is 1. The number of halogens is 2. The lowest BCUT2D eigenvalue weighted by Crippen LogP contribution is -2.09. The van der Waals surface area contributed by atoms with Crippen LogP contribution in [0.25, 0.3) is 0 Å². The van der Waals surface area contributed by atoms with Gasteiger partial charge in [-0.15, -0.1) is 0 Å². The van der Waals surface area contributed by atoms with E-state index in [1.807, 2.05) is 0 Å². The van der Waals surface area contributed by atoms with Gasteiger partial charge in [-0.3, -0.25) is 4.79 Å². The van der Waals surface area contributed by atoms with Gasteiger partial charge in [0.1, 0.15) is 17.4 Å². The van der Waals surface area contributed by atoms with Crippen molar-refractivity contribution in [1.82, 2.24) is 0 Å². The molecule has 0 aliphatic rings. The van der Waals surface area contributed by atoms with Crippen LogP contribution < -0.4 is 4.74 Å². The third kappa shape index (κ3) is 3.64. The molecule has 0 spiro atoms. The average Bonchev–Trinajstić information content (AvgIpc) is 2.47. The van der Waals surface area contributed by atoms with Crippen molar-refractivity contribution in [2.75, 3.05) is 7.11 Å². The van der Waals surface area contributed by atoms with Crippen LogP contribution in [-0.2, 0) is 0 Å². The highest BCUT2D eigenvalue weighted by atomic mass is 19.1. The molecule has 2 aromatic carbocycles. The summed E-state index contributed by atoms with van der Waals surface area (Å²) in [6.07, 6.45) is -1.60. The van der Waals surface area contributed by atoms with Crippen molar-refractivity contribution in [3.05, 3.63) is 65.2 Å². The highest BCUT2D eigenvalue weighted by Crippen LogP contribution is 2.23. The standard InChI is InChI=1S/C16H14F2O3/c1-21-12-5-2-10(3-6-12)15(19)9-16(20)13-7-4-11(17)8-14(13)18/h2-8,16,20H,9H2,1H3. The Morgan fingerprint density at radius 1 is 1.19 bits per heavy atom. The molecule has 0 fully saturated rings. The SMILES string of the molecule is COc1ccc(C(=O)CC(O)c2ccc(F)cc2F)cc1. The second-order valence-corrected chi connectivity index (χ2v) is 4.54. The van der Waals surface area contributed by atoms with Crippen molar-refractivity contribution in [2.45, 2.75) is 12.5 Å². The maximum Gasteiger partial charge on any atom is 0.165 e. The summed E-state index contributed by atoms with van der Waals surface area (Å²) in [4.78, 5) is 12.0. The average molecular weight is 292 g/mol. The van der Waals surface area contributed by atoms with Crippen molar-refractivity contribution in [3.8, 4) is 5.75 Å². The number of hydrogen-bond acceptors (Lipinski definition) is 3. The highest BCUT2D eigenvalue weighted by Gasteiger charge is 2.18. The van der Waals surface area contributed by atoms with E-state index in [0.29, 0.717) is 17.4 Å². The molecule has 2 rings (SSSR count). The van der Waals surface area contributed by atoms with Gasteiger partial charge in [-0.1, -0.05) is 6.07 Å². The fraction of sp³-hybridized carbons (Fsp3) is 0.188. The number of hydrogen-bond donors (Lipinski definition) is 1. The van der Waals surface area contributed by atoms with Gasteiger partial charge in [0.25, 0.3) is 0 Å². The fourth-order valence-corrected chi connectivity index (χ4v) is 1.95. The quantitative estimate of drug-likeness (QED) is 0.860. The highest BCUT2D eigenvalue weighted by molar-refractivity contribution is 5.96. The Morgan fingerprint density at radius 2 is 1.86 bits per heavy atom. The van der Waals surface area contributed by atoms with E-state index in [4.69, 9.17) is 4.74 Å². The first-order chi connectivity index (χ1) is 10.0. The summed E-state index contributed by atoms with van der Waals surface area (Å²) >= 11 is 0. The molecule has 0 radical (unpaired) electrons. The van der Waals surface area contributed by atoms with Crippen LogP contribution in [0.15, 0.2) is 42.5 Å². The van der Waals surface area contributed by atoms with Crippen LogP contribution in [0.4, 0.5) is 8.78 Å². The molecular weight excluding hydrogens is 278 g/mol. The molecule has 1 N–H and O–H groups in total. The smallest absolute Gasteiger partial charge is 0.165 e. The first-order valence-electron chi connectivity index (χ1n) is 6.31. The van der Waals surface area contributed by atoms with Crippen LogP contribution in [0, 0.1) is 11.6 Å². The van der Waals surface area contributed by atoms with Crippen molar-refractivity contribution in [1.29, 1.82) is 0 Å². The maximum atomic E-state index is 13.5. The molecule has 21 heavy (non-hydrogen) atoms. The Labute approximate surface area is 120 Å². The zero-order valence-electron chi connectivity index (χ0n) is 11.3. The zero-order valence-corrected chi connectivity index (χ0v) is 11.3. The van der Waals surface area contributed by atoms with Crippen LogP contribution >= 0.6 is 0 Å². The summed E-state index contributed by atoms with van der Waals surface area (Å²) < 4.78 is 31.3. The van der Waals surface area contributed by atoms with E-state index in [0.717, 1.165) is 12.1 Å². The van der Waals surface area contributed by atoms with Crippen molar-refractivity contribution >= 4 is 5.78 Å². The molecule has 0 bridgehead atoms. The molecule has 3 nitrogen and oxygen atoms in total. The van der Waals surface area contributed by atoms with Gasteiger partial charge in [0.05, 0.1) is 13.2 Å². The molecule has 5 heteroatoms. The summed E-state index contributed by atoms with van der Waals surface area (Å²) in [6.45, 7) is 0. The fourth-order valence-electron chi connectivity index (χ4n) is 1.95. The zero-order chi connectivity index (χ0) is 15.4. The number of benzene rings is 2. The van der Waals surface area contributed by atoms with E-state index >= 15 is 0 Å². The maximum absolute atomic E-state index is 13.5. The summed E-state index contributed by atoms with van der Waals surface area (Å²) in [5, 5.41) is 9.92. The van der Waals surface area contributed by atoms with E-state index in [2.05, 4.69) is 0 Å². The molecule has 0 aliphatic heterocycles.